The summed E-state index contributed by atoms with van der Waals surface area (Å²) in [5, 5.41) is 0. The molecule has 0 radical (unpaired) electrons. The van der Waals surface area contributed by atoms with Gasteiger partial charge in [-0.25, -0.2) is 0 Å². The van der Waals surface area contributed by atoms with E-state index in [1.165, 1.54) is 32.0 Å². The van der Waals surface area contributed by atoms with E-state index in [1.807, 2.05) is 4.90 Å². The molecule has 0 aliphatic carbocycles. The molecule has 2 heterocycles. The van der Waals surface area contributed by atoms with E-state index in [-0.39, 0.29) is 18.3 Å². The van der Waals surface area contributed by atoms with Crippen LogP contribution >= 0.6 is 12.4 Å². The normalized spacial score (nSPS) is 30.2. The predicted octanol–water partition coefficient (Wildman–Crippen LogP) is 1.68. The van der Waals surface area contributed by atoms with Gasteiger partial charge in [0.05, 0.1) is 0 Å². The minimum absolute atomic E-state index is 0. The summed E-state index contributed by atoms with van der Waals surface area (Å²) in [6, 6.07) is 0.965. The molecule has 4 heteroatoms. The highest BCUT2D eigenvalue weighted by molar-refractivity contribution is 5.87. The second kappa shape index (κ2) is 5.69. The van der Waals surface area contributed by atoms with Gasteiger partial charge in [0.15, 0.2) is 0 Å². The zero-order chi connectivity index (χ0) is 10.8. The third kappa shape index (κ3) is 2.58. The number of nitrogens with zero attached hydrogens (tertiary/aromatic N) is 2. The van der Waals surface area contributed by atoms with Crippen LogP contribution in [-0.2, 0) is 4.79 Å². The lowest BCUT2D eigenvalue weighted by Gasteiger charge is -2.23. The van der Waals surface area contributed by atoms with Crippen molar-refractivity contribution in [1.29, 1.82) is 0 Å². The zero-order valence-corrected chi connectivity index (χ0v) is 10.7. The van der Waals surface area contributed by atoms with Crippen LogP contribution in [0.25, 0.3) is 0 Å². The molecule has 2 aliphatic rings. The molecular weight excluding hydrogens is 224 g/mol. The fraction of sp³-hybridized carbons (Fsp3) is 0.750. The van der Waals surface area contributed by atoms with Crippen molar-refractivity contribution >= 4 is 18.3 Å². The Morgan fingerprint density at radius 3 is 2.56 bits per heavy atom. The molecule has 2 saturated heterocycles. The summed E-state index contributed by atoms with van der Waals surface area (Å²) < 4.78 is 0. The number of likely N-dealkylation sites (tertiary alicyclic amines) is 2. The highest BCUT2D eigenvalue weighted by Crippen LogP contribution is 2.24. The highest BCUT2D eigenvalue weighted by atomic mass is 35.5. The molecule has 2 unspecified atom stereocenters. The molecule has 0 aromatic carbocycles. The van der Waals surface area contributed by atoms with E-state index in [9.17, 15) is 4.79 Å². The Bertz CT molecular complexity index is 264. The second-order valence-electron chi connectivity index (χ2n) is 4.68. The lowest BCUT2D eigenvalue weighted by atomic mass is 10.2. The Kier molecular flexibility index (Phi) is 4.81. The minimum atomic E-state index is 0. The predicted molar refractivity (Wildman–Crippen MR) is 67.8 cm³/mol. The van der Waals surface area contributed by atoms with Crippen molar-refractivity contribution < 1.29 is 4.79 Å². The van der Waals surface area contributed by atoms with E-state index in [0.717, 1.165) is 13.0 Å². The molecule has 0 spiro atoms. The van der Waals surface area contributed by atoms with E-state index < -0.39 is 0 Å². The van der Waals surface area contributed by atoms with Crippen LogP contribution in [0.5, 0.6) is 0 Å². The summed E-state index contributed by atoms with van der Waals surface area (Å²) in [6.07, 6.45) is 5.20. The number of halogens is 1. The molecule has 3 nitrogen and oxygen atoms in total. The summed E-state index contributed by atoms with van der Waals surface area (Å²) in [6.45, 7) is 9.02. The molecule has 16 heavy (non-hydrogen) atoms. The van der Waals surface area contributed by atoms with Crippen molar-refractivity contribution in [3.05, 3.63) is 12.7 Å². The smallest absolute Gasteiger partial charge is 0.246 e. The monoisotopic (exact) mass is 244 g/mol. The first-order chi connectivity index (χ1) is 7.22. The van der Waals surface area contributed by atoms with Gasteiger partial charge in [0, 0.05) is 18.6 Å². The van der Waals surface area contributed by atoms with Crippen molar-refractivity contribution in [2.24, 2.45) is 0 Å². The van der Waals surface area contributed by atoms with Crippen LogP contribution in [0.4, 0.5) is 0 Å². The average molecular weight is 245 g/mol. The van der Waals surface area contributed by atoms with Crippen LogP contribution in [-0.4, -0.2) is 47.4 Å². The van der Waals surface area contributed by atoms with Gasteiger partial charge in [0.25, 0.3) is 0 Å². The van der Waals surface area contributed by atoms with Crippen molar-refractivity contribution in [2.45, 2.75) is 38.3 Å². The summed E-state index contributed by atoms with van der Waals surface area (Å²) in [4.78, 5) is 16.1. The van der Waals surface area contributed by atoms with Gasteiger partial charge in [-0.2, -0.15) is 0 Å². The standard InChI is InChI=1S/C12H20N2O.ClH/c1-3-12(15)14-9-11(8-10(14)2)13-6-4-5-7-13;/h3,10-11H,1,4-9H2,2H3;1H. The summed E-state index contributed by atoms with van der Waals surface area (Å²) >= 11 is 0. The van der Waals surface area contributed by atoms with E-state index in [4.69, 9.17) is 0 Å². The maximum absolute atomic E-state index is 11.6. The van der Waals surface area contributed by atoms with Crippen molar-refractivity contribution in [3.8, 4) is 0 Å². The summed E-state index contributed by atoms with van der Waals surface area (Å²) in [5.74, 6) is 0.0872. The minimum Gasteiger partial charge on any atom is -0.335 e. The van der Waals surface area contributed by atoms with Gasteiger partial charge in [-0.1, -0.05) is 6.58 Å². The summed E-state index contributed by atoms with van der Waals surface area (Å²) in [7, 11) is 0. The molecule has 0 N–H and O–H groups in total. The first-order valence-corrected chi connectivity index (χ1v) is 5.89. The molecule has 0 aromatic rings. The van der Waals surface area contributed by atoms with Crippen LogP contribution < -0.4 is 0 Å². The Labute approximate surface area is 104 Å². The number of carbonyl (C=O) groups is 1. The van der Waals surface area contributed by atoms with Gasteiger partial charge < -0.3 is 4.90 Å². The van der Waals surface area contributed by atoms with Crippen molar-refractivity contribution in [3.63, 3.8) is 0 Å². The first-order valence-electron chi connectivity index (χ1n) is 5.89. The van der Waals surface area contributed by atoms with Crippen molar-refractivity contribution in [2.75, 3.05) is 19.6 Å². The number of amides is 1. The number of carbonyl (C=O) groups excluding carboxylic acids is 1. The molecule has 0 aromatic heterocycles. The zero-order valence-electron chi connectivity index (χ0n) is 9.89. The number of hydrogen-bond acceptors (Lipinski definition) is 2. The summed E-state index contributed by atoms with van der Waals surface area (Å²) in [5.41, 5.74) is 0. The molecule has 0 saturated carbocycles. The van der Waals surface area contributed by atoms with Gasteiger partial charge >= 0.3 is 0 Å². The maximum Gasteiger partial charge on any atom is 0.246 e. The number of rotatable bonds is 2. The van der Waals surface area contributed by atoms with E-state index in [1.54, 1.807) is 0 Å². The van der Waals surface area contributed by atoms with Crippen LogP contribution in [0.15, 0.2) is 12.7 Å². The van der Waals surface area contributed by atoms with E-state index >= 15 is 0 Å². The fourth-order valence-electron chi connectivity index (χ4n) is 2.80. The first kappa shape index (κ1) is 13.5. The Hall–Kier alpha value is -0.540. The molecule has 2 rings (SSSR count). The van der Waals surface area contributed by atoms with Gasteiger partial charge in [0.2, 0.25) is 5.91 Å². The quantitative estimate of drug-likeness (QED) is 0.690. The lowest BCUT2D eigenvalue weighted by molar-refractivity contribution is -0.126. The number of hydrogen-bond donors (Lipinski definition) is 0. The van der Waals surface area contributed by atoms with Gasteiger partial charge in [-0.05, 0) is 45.4 Å². The van der Waals surface area contributed by atoms with Crippen LogP contribution in [0, 0.1) is 0 Å². The molecule has 92 valence electrons. The molecular formula is C12H21ClN2O. The Morgan fingerprint density at radius 2 is 2.00 bits per heavy atom. The Balaban J connectivity index is 0.00000128. The third-order valence-electron chi connectivity index (χ3n) is 3.67. The fourth-order valence-corrected chi connectivity index (χ4v) is 2.80. The highest BCUT2D eigenvalue weighted by Gasteiger charge is 2.35. The van der Waals surface area contributed by atoms with Crippen LogP contribution in [0.3, 0.4) is 0 Å². The van der Waals surface area contributed by atoms with Gasteiger partial charge in [-0.15, -0.1) is 12.4 Å². The lowest BCUT2D eigenvalue weighted by Crippen LogP contribution is -2.37. The second-order valence-corrected chi connectivity index (χ2v) is 4.68. The molecule has 0 bridgehead atoms. The average Bonchev–Trinajstić information content (AvgIpc) is 2.84. The Morgan fingerprint density at radius 1 is 1.38 bits per heavy atom. The van der Waals surface area contributed by atoms with Gasteiger partial charge in [-0.3, -0.25) is 9.69 Å². The van der Waals surface area contributed by atoms with Crippen molar-refractivity contribution in [1.82, 2.24) is 9.80 Å². The van der Waals surface area contributed by atoms with Crippen LogP contribution in [0.1, 0.15) is 26.2 Å². The molecule has 1 amide bonds. The third-order valence-corrected chi connectivity index (χ3v) is 3.67. The topological polar surface area (TPSA) is 23.6 Å². The van der Waals surface area contributed by atoms with E-state index in [0.29, 0.717) is 12.1 Å². The van der Waals surface area contributed by atoms with Crippen LogP contribution in [0.2, 0.25) is 0 Å². The SMILES string of the molecule is C=CC(=O)N1CC(N2CCCC2)CC1C.Cl. The maximum atomic E-state index is 11.6. The molecule has 2 aliphatic heterocycles. The molecule has 2 fully saturated rings. The largest absolute Gasteiger partial charge is 0.335 e. The van der Waals surface area contributed by atoms with Gasteiger partial charge in [0.1, 0.15) is 0 Å². The molecule has 2 atom stereocenters. The van der Waals surface area contributed by atoms with E-state index in [2.05, 4.69) is 18.4 Å².